The highest BCUT2D eigenvalue weighted by molar-refractivity contribution is 7.97. The number of carbonyl (C=O) groups is 1. The Bertz CT molecular complexity index is 689. The van der Waals surface area contributed by atoms with Gasteiger partial charge in [-0.05, 0) is 44.4 Å². The summed E-state index contributed by atoms with van der Waals surface area (Å²) < 4.78 is 30.3. The van der Waals surface area contributed by atoms with E-state index in [1.807, 2.05) is 33.8 Å². The number of hydrogen-bond acceptors (Lipinski definition) is 3. The van der Waals surface area contributed by atoms with Gasteiger partial charge in [0.05, 0.1) is 6.42 Å². The highest BCUT2D eigenvalue weighted by atomic mass is 32.2. The fraction of sp³-hybridized carbons (Fsp3) is 0.476. The van der Waals surface area contributed by atoms with E-state index in [4.69, 9.17) is 5.11 Å². The number of carboxylic acids is 1. The zero-order valence-corrected chi connectivity index (χ0v) is 17.3. The molecular formula is C21H29F2NO2S. The van der Waals surface area contributed by atoms with Crippen LogP contribution in [0, 0.1) is 11.6 Å². The predicted molar refractivity (Wildman–Crippen MR) is 109 cm³/mol. The van der Waals surface area contributed by atoms with Crippen molar-refractivity contribution in [3.8, 4) is 0 Å². The first-order valence-corrected chi connectivity index (χ1v) is 10.2. The fourth-order valence-corrected chi connectivity index (χ4v) is 4.32. The lowest BCUT2D eigenvalue weighted by molar-refractivity contribution is -0.136. The molecule has 2 rings (SSSR count). The number of nitrogens with zero attached hydrogens (tertiary/aromatic N) is 1. The van der Waals surface area contributed by atoms with Gasteiger partial charge in [0.25, 0.3) is 0 Å². The van der Waals surface area contributed by atoms with Crippen LogP contribution in [0.5, 0.6) is 0 Å². The molecule has 150 valence electrons. The standard InChI is InChI=1S/C19H23F2NO2S.C2H6/c1-3-6-13(4-2)18-7-5-8-22(25-18)12-15-10-16(20)14(9-17(15)21)11-19(23)24;1-2/h3-4,6,9-10,18H,5,7-8,11-12H2,1-2H3,(H,23,24);1-2H3/b6-3-,13-4+;. The Labute approximate surface area is 165 Å². The molecule has 1 N–H and O–H groups in total. The normalized spacial score (nSPS) is 18.3. The second-order valence-electron chi connectivity index (χ2n) is 5.99. The molecule has 0 amide bonds. The molecule has 1 aliphatic heterocycles. The van der Waals surface area contributed by atoms with Crippen molar-refractivity contribution in [2.24, 2.45) is 0 Å². The molecule has 1 heterocycles. The van der Waals surface area contributed by atoms with Gasteiger partial charge in [-0.1, -0.05) is 44.0 Å². The van der Waals surface area contributed by atoms with Crippen LogP contribution in [-0.4, -0.2) is 27.2 Å². The van der Waals surface area contributed by atoms with Crippen LogP contribution in [0.1, 0.15) is 51.7 Å². The quantitative estimate of drug-likeness (QED) is 0.490. The van der Waals surface area contributed by atoms with Gasteiger partial charge in [0.1, 0.15) is 11.6 Å². The number of allylic oxidation sites excluding steroid dienone is 3. The summed E-state index contributed by atoms with van der Waals surface area (Å²) in [4.78, 5) is 10.7. The van der Waals surface area contributed by atoms with Crippen molar-refractivity contribution in [1.29, 1.82) is 0 Å². The number of aliphatic carboxylic acids is 1. The van der Waals surface area contributed by atoms with Crippen LogP contribution in [0.25, 0.3) is 0 Å². The highest BCUT2D eigenvalue weighted by Gasteiger charge is 2.24. The molecular weight excluding hydrogens is 368 g/mol. The molecule has 0 saturated carbocycles. The summed E-state index contributed by atoms with van der Waals surface area (Å²) in [7, 11) is 0. The van der Waals surface area contributed by atoms with E-state index < -0.39 is 24.0 Å². The van der Waals surface area contributed by atoms with Crippen molar-refractivity contribution >= 4 is 17.9 Å². The molecule has 0 radical (unpaired) electrons. The molecule has 6 heteroatoms. The minimum atomic E-state index is -1.18. The summed E-state index contributed by atoms with van der Waals surface area (Å²) in [6.45, 7) is 9.09. The second-order valence-corrected chi connectivity index (χ2v) is 7.29. The SMILES string of the molecule is C/C=C\C(=C/C)C1CCCN(Cc2cc(F)c(CC(=O)O)cc2F)S1.CC. The van der Waals surface area contributed by atoms with Gasteiger partial charge in [0.2, 0.25) is 0 Å². The van der Waals surface area contributed by atoms with Gasteiger partial charge < -0.3 is 5.11 Å². The van der Waals surface area contributed by atoms with Crippen LogP contribution in [-0.2, 0) is 17.8 Å². The Morgan fingerprint density at radius 3 is 2.48 bits per heavy atom. The van der Waals surface area contributed by atoms with E-state index in [1.54, 1.807) is 11.9 Å². The highest BCUT2D eigenvalue weighted by Crippen LogP contribution is 2.34. The van der Waals surface area contributed by atoms with E-state index in [1.165, 1.54) is 5.57 Å². The molecule has 0 aliphatic carbocycles. The molecule has 0 spiro atoms. The van der Waals surface area contributed by atoms with E-state index >= 15 is 0 Å². The molecule has 1 unspecified atom stereocenters. The molecule has 1 saturated heterocycles. The van der Waals surface area contributed by atoms with Crippen LogP contribution < -0.4 is 0 Å². The van der Waals surface area contributed by atoms with E-state index in [-0.39, 0.29) is 11.1 Å². The maximum atomic E-state index is 14.3. The maximum Gasteiger partial charge on any atom is 0.307 e. The molecule has 1 aliphatic rings. The molecule has 1 fully saturated rings. The predicted octanol–water partition coefficient (Wildman–Crippen LogP) is 5.75. The molecule has 0 aromatic heterocycles. The Morgan fingerprint density at radius 1 is 1.26 bits per heavy atom. The fourth-order valence-electron chi connectivity index (χ4n) is 2.90. The lowest BCUT2D eigenvalue weighted by atomic mass is 10.1. The summed E-state index contributed by atoms with van der Waals surface area (Å²) in [5, 5.41) is 9.06. The first kappa shape index (κ1) is 23.4. The molecule has 1 aromatic carbocycles. The summed E-state index contributed by atoms with van der Waals surface area (Å²) in [5.74, 6) is -2.40. The van der Waals surface area contributed by atoms with Gasteiger partial charge in [0.15, 0.2) is 0 Å². The van der Waals surface area contributed by atoms with Gasteiger partial charge in [-0.3, -0.25) is 4.79 Å². The Balaban J connectivity index is 0.00000176. The number of rotatable bonds is 6. The number of benzene rings is 1. The van der Waals surface area contributed by atoms with E-state index in [0.29, 0.717) is 11.8 Å². The largest absolute Gasteiger partial charge is 0.481 e. The van der Waals surface area contributed by atoms with Crippen molar-refractivity contribution in [1.82, 2.24) is 4.31 Å². The summed E-state index contributed by atoms with van der Waals surface area (Å²) in [6, 6.07) is 2.13. The van der Waals surface area contributed by atoms with Crippen LogP contribution in [0.2, 0.25) is 0 Å². The number of carboxylic acid groups (broad SMARTS) is 1. The van der Waals surface area contributed by atoms with Gasteiger partial charge in [-0.15, -0.1) is 0 Å². The first-order chi connectivity index (χ1) is 12.9. The summed E-state index contributed by atoms with van der Waals surface area (Å²) >= 11 is 1.66. The van der Waals surface area contributed by atoms with Gasteiger partial charge in [0, 0.05) is 29.5 Å². The first-order valence-electron chi connectivity index (χ1n) is 9.33. The van der Waals surface area contributed by atoms with Crippen LogP contribution >= 0.6 is 11.9 Å². The van der Waals surface area contributed by atoms with E-state index in [2.05, 4.69) is 16.5 Å². The molecule has 1 aromatic rings. The third kappa shape index (κ3) is 7.11. The molecule has 1 atom stereocenters. The van der Waals surface area contributed by atoms with E-state index in [0.717, 1.165) is 31.5 Å². The topological polar surface area (TPSA) is 40.5 Å². The van der Waals surface area contributed by atoms with Crippen molar-refractivity contribution in [2.45, 2.75) is 58.8 Å². The Morgan fingerprint density at radius 2 is 1.89 bits per heavy atom. The zero-order chi connectivity index (χ0) is 20.4. The zero-order valence-electron chi connectivity index (χ0n) is 16.5. The molecule has 3 nitrogen and oxygen atoms in total. The van der Waals surface area contributed by atoms with Crippen LogP contribution in [0.15, 0.2) is 35.9 Å². The minimum absolute atomic E-state index is 0.123. The number of hydrogen-bond donors (Lipinski definition) is 1. The average Bonchev–Trinajstić information content (AvgIpc) is 2.65. The Kier molecular flexibility index (Phi) is 10.3. The average molecular weight is 398 g/mol. The maximum absolute atomic E-state index is 14.3. The Hall–Kier alpha value is -1.66. The third-order valence-corrected chi connectivity index (χ3v) is 5.49. The van der Waals surface area contributed by atoms with Crippen LogP contribution in [0.3, 0.4) is 0 Å². The molecule has 0 bridgehead atoms. The van der Waals surface area contributed by atoms with Crippen LogP contribution in [0.4, 0.5) is 8.78 Å². The molecule has 27 heavy (non-hydrogen) atoms. The van der Waals surface area contributed by atoms with Gasteiger partial charge in [-0.2, -0.15) is 0 Å². The number of halogens is 2. The minimum Gasteiger partial charge on any atom is -0.481 e. The van der Waals surface area contributed by atoms with E-state index in [9.17, 15) is 13.6 Å². The second kappa shape index (κ2) is 11.9. The van der Waals surface area contributed by atoms with Gasteiger partial charge in [-0.25, -0.2) is 13.1 Å². The van der Waals surface area contributed by atoms with Crippen molar-refractivity contribution in [3.05, 3.63) is 58.7 Å². The van der Waals surface area contributed by atoms with Crippen molar-refractivity contribution in [2.75, 3.05) is 6.54 Å². The third-order valence-electron chi connectivity index (χ3n) is 4.12. The van der Waals surface area contributed by atoms with Gasteiger partial charge >= 0.3 is 5.97 Å². The lowest BCUT2D eigenvalue weighted by Crippen LogP contribution is -2.28. The van der Waals surface area contributed by atoms with Crippen molar-refractivity contribution < 1.29 is 18.7 Å². The summed E-state index contributed by atoms with van der Waals surface area (Å²) in [5.41, 5.74) is 1.37. The monoisotopic (exact) mass is 397 g/mol. The van der Waals surface area contributed by atoms with Crippen molar-refractivity contribution in [3.63, 3.8) is 0 Å². The smallest absolute Gasteiger partial charge is 0.307 e. The lowest BCUT2D eigenvalue weighted by Gasteiger charge is -2.32. The summed E-state index contributed by atoms with van der Waals surface area (Å²) in [6.07, 6.45) is 7.71.